The number of aliphatic carboxylic acids is 1. The molecule has 1 amide bonds. The maximum Gasteiger partial charge on any atom is 0.356 e. The molecule has 0 saturated carbocycles. The number of aliphatic hydroxyl groups excluding tert-OH is 1. The zero-order valence-corrected chi connectivity index (χ0v) is 12.0. The number of carboxylic acids is 1. The van der Waals surface area contributed by atoms with Crippen LogP contribution in [-0.4, -0.2) is 54.9 Å². The SMILES string of the molecule is CCCCCNC1C(=O)N2C(C(=O)O)=C(O)CS(=O)[C@H]12. The molecule has 8 heteroatoms. The van der Waals surface area contributed by atoms with Gasteiger partial charge < -0.3 is 15.5 Å². The largest absolute Gasteiger partial charge is 0.509 e. The number of fused-ring (bicyclic) bond motifs is 1. The summed E-state index contributed by atoms with van der Waals surface area (Å²) >= 11 is 0. The number of unbranched alkanes of at least 4 members (excludes halogenated alkanes) is 2. The maximum atomic E-state index is 12.0. The first-order valence-electron chi connectivity index (χ1n) is 6.58. The first-order valence-corrected chi connectivity index (χ1v) is 7.96. The van der Waals surface area contributed by atoms with Crippen LogP contribution >= 0.6 is 0 Å². The van der Waals surface area contributed by atoms with Gasteiger partial charge in [0.1, 0.15) is 17.2 Å². The summed E-state index contributed by atoms with van der Waals surface area (Å²) in [7, 11) is -1.48. The number of amides is 1. The molecule has 0 aromatic heterocycles. The Labute approximate surface area is 119 Å². The number of hydrogen-bond acceptors (Lipinski definition) is 5. The molecule has 0 aromatic carbocycles. The smallest absolute Gasteiger partial charge is 0.356 e. The van der Waals surface area contributed by atoms with Gasteiger partial charge in [-0.2, -0.15) is 0 Å². The average molecular weight is 302 g/mol. The van der Waals surface area contributed by atoms with Crippen LogP contribution in [0.4, 0.5) is 0 Å². The summed E-state index contributed by atoms with van der Waals surface area (Å²) in [6, 6.07) is -0.616. The molecule has 1 saturated heterocycles. The molecule has 112 valence electrons. The van der Waals surface area contributed by atoms with E-state index in [2.05, 4.69) is 12.2 Å². The third kappa shape index (κ3) is 2.45. The van der Waals surface area contributed by atoms with Crippen molar-refractivity contribution in [3.63, 3.8) is 0 Å². The molecule has 0 aliphatic carbocycles. The van der Waals surface area contributed by atoms with E-state index in [0.29, 0.717) is 6.54 Å². The zero-order valence-electron chi connectivity index (χ0n) is 11.2. The lowest BCUT2D eigenvalue weighted by atomic mass is 10.0. The summed E-state index contributed by atoms with van der Waals surface area (Å²) in [6.07, 6.45) is 3.00. The second-order valence-electron chi connectivity index (χ2n) is 4.86. The predicted octanol–water partition coefficient (Wildman–Crippen LogP) is -0.0804. The molecule has 0 aromatic rings. The molecule has 2 aliphatic rings. The molecule has 2 rings (SSSR count). The number of carboxylic acid groups (broad SMARTS) is 1. The molecule has 1 fully saturated rings. The molecule has 3 atom stereocenters. The molecule has 20 heavy (non-hydrogen) atoms. The standard InChI is InChI=1S/C12H18N2O5S/c1-2-3-4-5-13-8-10(16)14-9(12(17)18)7(15)6-20(19)11(8)14/h8,11,13,15H,2-6H2,1H3,(H,17,18)/t8?,11-,20?/m1/s1. The van der Waals surface area contributed by atoms with E-state index < -0.39 is 45.5 Å². The lowest BCUT2D eigenvalue weighted by Gasteiger charge is -2.48. The predicted molar refractivity (Wildman–Crippen MR) is 72.2 cm³/mol. The molecule has 2 unspecified atom stereocenters. The Hall–Kier alpha value is -1.41. The molecule has 2 aliphatic heterocycles. The van der Waals surface area contributed by atoms with Gasteiger partial charge in [0.05, 0.1) is 16.6 Å². The van der Waals surface area contributed by atoms with Crippen LogP contribution in [-0.2, 0) is 20.4 Å². The van der Waals surface area contributed by atoms with E-state index >= 15 is 0 Å². The normalized spacial score (nSPS) is 29.1. The van der Waals surface area contributed by atoms with Gasteiger partial charge in [0.2, 0.25) is 5.91 Å². The van der Waals surface area contributed by atoms with Gasteiger partial charge in [-0.15, -0.1) is 0 Å². The van der Waals surface area contributed by atoms with Crippen molar-refractivity contribution in [2.45, 2.75) is 37.6 Å². The van der Waals surface area contributed by atoms with Crippen LogP contribution in [0.1, 0.15) is 26.2 Å². The second-order valence-corrected chi connectivity index (χ2v) is 6.40. The van der Waals surface area contributed by atoms with Gasteiger partial charge in [0.15, 0.2) is 5.70 Å². The highest BCUT2D eigenvalue weighted by molar-refractivity contribution is 7.86. The highest BCUT2D eigenvalue weighted by atomic mass is 32.2. The third-order valence-corrected chi connectivity index (χ3v) is 5.03. The van der Waals surface area contributed by atoms with Gasteiger partial charge >= 0.3 is 5.97 Å². The van der Waals surface area contributed by atoms with E-state index in [1.807, 2.05) is 0 Å². The summed E-state index contributed by atoms with van der Waals surface area (Å²) in [4.78, 5) is 24.0. The van der Waals surface area contributed by atoms with Crippen molar-refractivity contribution in [3.05, 3.63) is 11.5 Å². The van der Waals surface area contributed by atoms with Crippen LogP contribution in [0.2, 0.25) is 0 Å². The van der Waals surface area contributed by atoms with Crippen molar-refractivity contribution in [2.75, 3.05) is 12.3 Å². The minimum absolute atomic E-state index is 0.219. The van der Waals surface area contributed by atoms with Crippen molar-refractivity contribution in [1.82, 2.24) is 10.2 Å². The van der Waals surface area contributed by atoms with Gasteiger partial charge in [-0.05, 0) is 13.0 Å². The van der Waals surface area contributed by atoms with E-state index in [9.17, 15) is 18.9 Å². The second kappa shape index (κ2) is 5.92. The number of nitrogens with one attached hydrogen (secondary N) is 1. The van der Waals surface area contributed by atoms with E-state index in [4.69, 9.17) is 5.11 Å². The fourth-order valence-electron chi connectivity index (χ4n) is 2.45. The number of hydrogen-bond donors (Lipinski definition) is 3. The third-order valence-electron chi connectivity index (χ3n) is 3.45. The van der Waals surface area contributed by atoms with Crippen molar-refractivity contribution in [2.24, 2.45) is 0 Å². The van der Waals surface area contributed by atoms with Gasteiger partial charge in [-0.3, -0.25) is 13.9 Å². The Morgan fingerprint density at radius 1 is 1.50 bits per heavy atom. The van der Waals surface area contributed by atoms with Gasteiger partial charge in [-0.1, -0.05) is 19.8 Å². The fourth-order valence-corrected chi connectivity index (χ4v) is 3.98. The molecule has 7 nitrogen and oxygen atoms in total. The van der Waals surface area contributed by atoms with Crippen LogP contribution in [0.5, 0.6) is 0 Å². The summed E-state index contributed by atoms with van der Waals surface area (Å²) in [5.41, 5.74) is -0.439. The molecular formula is C12H18N2O5S. The van der Waals surface area contributed by atoms with E-state index in [0.717, 1.165) is 24.2 Å². The Bertz CT molecular complexity index is 490. The van der Waals surface area contributed by atoms with Gasteiger partial charge in [0, 0.05) is 0 Å². The zero-order chi connectivity index (χ0) is 14.9. The summed E-state index contributed by atoms with van der Waals surface area (Å²) in [5, 5.41) is 20.9. The van der Waals surface area contributed by atoms with Crippen LogP contribution in [0.3, 0.4) is 0 Å². The summed E-state index contributed by atoms with van der Waals surface area (Å²) < 4.78 is 12.0. The molecule has 0 bridgehead atoms. The van der Waals surface area contributed by atoms with Crippen molar-refractivity contribution in [1.29, 1.82) is 0 Å². The van der Waals surface area contributed by atoms with Crippen molar-refractivity contribution in [3.8, 4) is 0 Å². The Balaban J connectivity index is 2.08. The Kier molecular flexibility index (Phi) is 4.44. The highest BCUT2D eigenvalue weighted by Crippen LogP contribution is 2.33. The number of carbonyl (C=O) groups excluding carboxylic acids is 1. The lowest BCUT2D eigenvalue weighted by Crippen LogP contribution is -2.73. The number of nitrogens with zero attached hydrogens (tertiary/aromatic N) is 1. The van der Waals surface area contributed by atoms with E-state index in [1.54, 1.807) is 0 Å². The lowest BCUT2D eigenvalue weighted by molar-refractivity contribution is -0.149. The summed E-state index contributed by atoms with van der Waals surface area (Å²) in [6.45, 7) is 2.70. The van der Waals surface area contributed by atoms with Crippen molar-refractivity contribution >= 4 is 22.7 Å². The molecule has 2 heterocycles. The first kappa shape index (κ1) is 15.0. The maximum absolute atomic E-state index is 12.0. The van der Waals surface area contributed by atoms with Gasteiger partial charge in [0.25, 0.3) is 0 Å². The highest BCUT2D eigenvalue weighted by Gasteiger charge is 2.56. The Morgan fingerprint density at radius 3 is 2.80 bits per heavy atom. The van der Waals surface area contributed by atoms with Crippen LogP contribution in [0, 0.1) is 0 Å². The number of carbonyl (C=O) groups is 2. The minimum Gasteiger partial charge on any atom is -0.509 e. The van der Waals surface area contributed by atoms with E-state index in [1.165, 1.54) is 0 Å². The topological polar surface area (TPSA) is 107 Å². The van der Waals surface area contributed by atoms with Crippen LogP contribution in [0.25, 0.3) is 0 Å². The fraction of sp³-hybridized carbons (Fsp3) is 0.667. The summed E-state index contributed by atoms with van der Waals surface area (Å²) in [5.74, 6) is -2.53. The number of rotatable bonds is 6. The monoisotopic (exact) mass is 302 g/mol. The van der Waals surface area contributed by atoms with Crippen molar-refractivity contribution < 1.29 is 24.0 Å². The van der Waals surface area contributed by atoms with Crippen LogP contribution in [0.15, 0.2) is 11.5 Å². The number of β-lactam (4-membered cyclic amide) rings is 1. The minimum atomic E-state index is -1.48. The van der Waals surface area contributed by atoms with E-state index in [-0.39, 0.29) is 5.75 Å². The van der Waals surface area contributed by atoms with Crippen LogP contribution < -0.4 is 5.32 Å². The molecule has 0 radical (unpaired) electrons. The number of aliphatic hydroxyl groups is 1. The Morgan fingerprint density at radius 2 is 2.20 bits per heavy atom. The quantitative estimate of drug-likeness (QED) is 0.468. The first-order chi connectivity index (χ1) is 9.49. The molecule has 0 spiro atoms. The average Bonchev–Trinajstić information content (AvgIpc) is 2.38. The molecular weight excluding hydrogens is 284 g/mol. The molecule has 3 N–H and O–H groups in total. The van der Waals surface area contributed by atoms with Gasteiger partial charge in [-0.25, -0.2) is 4.79 Å².